The van der Waals surface area contributed by atoms with Gasteiger partial charge in [0.2, 0.25) is 0 Å². The lowest BCUT2D eigenvalue weighted by Gasteiger charge is -2.25. The molecule has 0 radical (unpaired) electrons. The van der Waals surface area contributed by atoms with E-state index in [4.69, 9.17) is 0 Å². The van der Waals surface area contributed by atoms with Crippen molar-refractivity contribution in [2.75, 3.05) is 13.1 Å². The van der Waals surface area contributed by atoms with Crippen LogP contribution in [0.1, 0.15) is 68.7 Å². The van der Waals surface area contributed by atoms with Gasteiger partial charge in [-0.15, -0.1) is 11.3 Å². The number of aliphatic hydroxyl groups excluding tert-OH is 1. The van der Waals surface area contributed by atoms with Gasteiger partial charge in [-0.1, -0.05) is 36.4 Å². The van der Waals surface area contributed by atoms with Gasteiger partial charge < -0.3 is 20.6 Å². The molecule has 0 unspecified atom stereocenters. The minimum absolute atomic E-state index is 0.0203. The predicted octanol–water partition coefficient (Wildman–Crippen LogP) is 3.88. The highest BCUT2D eigenvalue weighted by Crippen LogP contribution is 2.34. The second-order valence-electron chi connectivity index (χ2n) is 10.1. The largest absolute Gasteiger partial charge is 0.390 e. The van der Waals surface area contributed by atoms with Crippen molar-refractivity contribution in [2.45, 2.75) is 63.3 Å². The Labute approximate surface area is 221 Å². The molecule has 37 heavy (non-hydrogen) atoms. The zero-order valence-corrected chi connectivity index (χ0v) is 21.9. The van der Waals surface area contributed by atoms with Gasteiger partial charge in [0.15, 0.2) is 0 Å². The van der Waals surface area contributed by atoms with Gasteiger partial charge in [-0.2, -0.15) is 0 Å². The third-order valence-corrected chi connectivity index (χ3v) is 8.14. The topological polar surface area (TPSA) is 94.6 Å². The van der Waals surface area contributed by atoms with Gasteiger partial charge in [0.25, 0.3) is 11.8 Å². The Kier molecular flexibility index (Phi) is 7.98. The van der Waals surface area contributed by atoms with E-state index in [1.165, 1.54) is 0 Å². The standard InChI is InChI=1S/C29H34N4O3S/c1-19-18-37-28(31-19)25-11-6-14-33(25)29(36)22-10-5-9-21(16-22)27(35)32-24(15-20-7-3-2-4-8-20)26(34)17-30-23-12-13-23/h2-5,7-10,16,18,23-26,30,34H,6,11-15,17H2,1H3,(H,32,35)/t24-,25+,26-/m0/s1. The quantitative estimate of drug-likeness (QED) is 0.379. The van der Waals surface area contributed by atoms with Crippen molar-refractivity contribution in [3.05, 3.63) is 87.4 Å². The van der Waals surface area contributed by atoms with E-state index in [-0.39, 0.29) is 17.9 Å². The van der Waals surface area contributed by atoms with E-state index in [0.29, 0.717) is 36.7 Å². The van der Waals surface area contributed by atoms with Crippen LogP contribution in [0.25, 0.3) is 0 Å². The Bertz CT molecular complexity index is 1230. The van der Waals surface area contributed by atoms with E-state index in [0.717, 1.165) is 41.9 Å². The average molecular weight is 519 g/mol. The number of aryl methyl sites for hydroxylation is 1. The number of carbonyl (C=O) groups is 2. The van der Waals surface area contributed by atoms with Gasteiger partial charge in [-0.05, 0) is 62.8 Å². The molecule has 1 aliphatic heterocycles. The molecular weight excluding hydrogens is 484 g/mol. The number of rotatable bonds is 10. The summed E-state index contributed by atoms with van der Waals surface area (Å²) < 4.78 is 0. The van der Waals surface area contributed by atoms with Crippen molar-refractivity contribution in [3.63, 3.8) is 0 Å². The first-order valence-electron chi connectivity index (χ1n) is 13.1. The highest BCUT2D eigenvalue weighted by molar-refractivity contribution is 7.09. The van der Waals surface area contributed by atoms with Crippen LogP contribution in [0.15, 0.2) is 60.0 Å². The van der Waals surface area contributed by atoms with E-state index in [1.54, 1.807) is 35.6 Å². The van der Waals surface area contributed by atoms with Crippen molar-refractivity contribution >= 4 is 23.2 Å². The van der Waals surface area contributed by atoms with Crippen molar-refractivity contribution in [2.24, 2.45) is 0 Å². The van der Waals surface area contributed by atoms with Crippen molar-refractivity contribution in [1.82, 2.24) is 20.5 Å². The van der Waals surface area contributed by atoms with E-state index in [1.807, 2.05) is 47.5 Å². The van der Waals surface area contributed by atoms with Crippen LogP contribution in [-0.2, 0) is 6.42 Å². The van der Waals surface area contributed by atoms with Crippen molar-refractivity contribution < 1.29 is 14.7 Å². The zero-order valence-electron chi connectivity index (χ0n) is 21.1. The molecule has 5 rings (SSSR count). The lowest BCUT2D eigenvalue weighted by molar-refractivity contribution is 0.0735. The smallest absolute Gasteiger partial charge is 0.254 e. The monoisotopic (exact) mass is 518 g/mol. The second-order valence-corrected chi connectivity index (χ2v) is 11.0. The second kappa shape index (κ2) is 11.5. The van der Waals surface area contributed by atoms with Gasteiger partial charge in [0.1, 0.15) is 5.01 Å². The third-order valence-electron chi connectivity index (χ3n) is 7.08. The summed E-state index contributed by atoms with van der Waals surface area (Å²) in [5, 5.41) is 20.3. The molecule has 3 aromatic rings. The number of hydrogen-bond acceptors (Lipinski definition) is 6. The first-order chi connectivity index (χ1) is 18.0. The first-order valence-corrected chi connectivity index (χ1v) is 13.9. The minimum atomic E-state index is -0.735. The van der Waals surface area contributed by atoms with Crippen molar-refractivity contribution in [1.29, 1.82) is 0 Å². The number of aromatic nitrogens is 1. The van der Waals surface area contributed by atoms with E-state index in [2.05, 4.69) is 15.6 Å². The zero-order chi connectivity index (χ0) is 25.8. The third kappa shape index (κ3) is 6.44. The molecule has 2 fully saturated rings. The molecule has 1 saturated heterocycles. The van der Waals surface area contributed by atoms with Crippen LogP contribution in [0.5, 0.6) is 0 Å². The molecule has 3 N–H and O–H groups in total. The molecular formula is C29H34N4O3S. The number of benzene rings is 2. The van der Waals surface area contributed by atoms with E-state index >= 15 is 0 Å². The summed E-state index contributed by atoms with van der Waals surface area (Å²) in [4.78, 5) is 33.3. The number of carbonyl (C=O) groups excluding carboxylic acids is 2. The summed E-state index contributed by atoms with van der Waals surface area (Å²) in [6.07, 6.45) is 3.87. The Morgan fingerprint density at radius 2 is 1.89 bits per heavy atom. The number of thiazole rings is 1. The lowest BCUT2D eigenvalue weighted by Crippen LogP contribution is -2.49. The van der Waals surface area contributed by atoms with Crippen LogP contribution >= 0.6 is 11.3 Å². The fourth-order valence-corrected chi connectivity index (χ4v) is 5.81. The fraction of sp³-hybridized carbons (Fsp3) is 0.414. The molecule has 1 aromatic heterocycles. The van der Waals surface area contributed by atoms with Gasteiger partial charge >= 0.3 is 0 Å². The summed E-state index contributed by atoms with van der Waals surface area (Å²) >= 11 is 1.59. The fourth-order valence-electron chi connectivity index (χ4n) is 4.87. The maximum atomic E-state index is 13.5. The van der Waals surface area contributed by atoms with Crippen LogP contribution < -0.4 is 10.6 Å². The van der Waals surface area contributed by atoms with Gasteiger partial charge in [0, 0.05) is 41.3 Å². The summed E-state index contributed by atoms with van der Waals surface area (Å²) in [5.41, 5.74) is 2.91. The minimum Gasteiger partial charge on any atom is -0.390 e. The van der Waals surface area contributed by atoms with Gasteiger partial charge in [0.05, 0.1) is 18.2 Å². The number of hydrogen-bond donors (Lipinski definition) is 3. The molecule has 1 aliphatic carbocycles. The molecule has 8 heteroatoms. The molecule has 2 amide bonds. The molecule has 2 aliphatic rings. The number of aliphatic hydroxyl groups is 1. The van der Waals surface area contributed by atoms with Crippen LogP contribution in [-0.4, -0.2) is 58.1 Å². The summed E-state index contributed by atoms with van der Waals surface area (Å²) in [6, 6.07) is 16.7. The number of nitrogens with one attached hydrogen (secondary N) is 2. The molecule has 3 atom stereocenters. The van der Waals surface area contributed by atoms with Crippen LogP contribution in [0.2, 0.25) is 0 Å². The molecule has 7 nitrogen and oxygen atoms in total. The molecule has 2 heterocycles. The SMILES string of the molecule is Cc1csc([C@H]2CCCN2C(=O)c2cccc(C(=O)N[C@@H](Cc3ccccc3)[C@@H](O)CNC3CC3)c2)n1. The Morgan fingerprint density at radius 3 is 2.62 bits per heavy atom. The number of likely N-dealkylation sites (tertiary alicyclic amines) is 1. The summed E-state index contributed by atoms with van der Waals surface area (Å²) in [5.74, 6) is -0.380. The maximum Gasteiger partial charge on any atom is 0.254 e. The lowest BCUT2D eigenvalue weighted by atomic mass is 10.00. The van der Waals surface area contributed by atoms with Gasteiger partial charge in [-0.25, -0.2) is 4.98 Å². The molecule has 194 valence electrons. The Morgan fingerprint density at radius 1 is 1.11 bits per heavy atom. The normalized spacial score (nSPS) is 19.0. The molecule has 2 aromatic carbocycles. The van der Waals surface area contributed by atoms with Crippen molar-refractivity contribution in [3.8, 4) is 0 Å². The number of amides is 2. The highest BCUT2D eigenvalue weighted by Gasteiger charge is 2.33. The van der Waals surface area contributed by atoms with E-state index < -0.39 is 12.1 Å². The maximum absolute atomic E-state index is 13.5. The van der Waals surface area contributed by atoms with Crippen LogP contribution in [0, 0.1) is 6.92 Å². The predicted molar refractivity (Wildman–Crippen MR) is 145 cm³/mol. The molecule has 1 saturated carbocycles. The van der Waals surface area contributed by atoms with Crippen LogP contribution in [0.4, 0.5) is 0 Å². The highest BCUT2D eigenvalue weighted by atomic mass is 32.1. The molecule has 0 bridgehead atoms. The van der Waals surface area contributed by atoms with Crippen LogP contribution in [0.3, 0.4) is 0 Å². The van der Waals surface area contributed by atoms with E-state index in [9.17, 15) is 14.7 Å². The average Bonchev–Trinajstić information content (AvgIpc) is 3.44. The number of nitrogens with zero attached hydrogens (tertiary/aromatic N) is 2. The first kappa shape index (κ1) is 25.6. The summed E-state index contributed by atoms with van der Waals surface area (Å²) in [7, 11) is 0. The summed E-state index contributed by atoms with van der Waals surface area (Å²) in [6.45, 7) is 3.07. The molecule has 0 spiro atoms. The Balaban J connectivity index is 1.29. The van der Waals surface area contributed by atoms with Gasteiger partial charge in [-0.3, -0.25) is 9.59 Å². The Hall–Kier alpha value is -3.07.